The molecular weight excluding hydrogens is 372 g/mol. The molecule has 158 valence electrons. The molecule has 3 rings (SSSR count). The van der Waals surface area contributed by atoms with Crippen LogP contribution in [0.1, 0.15) is 62.5 Å². The van der Waals surface area contributed by atoms with Crippen molar-refractivity contribution in [3.8, 4) is 0 Å². The van der Waals surface area contributed by atoms with E-state index >= 15 is 0 Å². The number of nitrogens with one attached hydrogen (secondary N) is 3. The Hall–Kier alpha value is -2.84. The van der Waals surface area contributed by atoms with Gasteiger partial charge in [-0.25, -0.2) is 4.79 Å². The number of aromatic amines is 1. The molecule has 1 saturated carbocycles. The summed E-state index contributed by atoms with van der Waals surface area (Å²) in [7, 11) is 1.82. The maximum Gasteiger partial charge on any atom is 0.407 e. The zero-order valence-corrected chi connectivity index (χ0v) is 17.5. The van der Waals surface area contributed by atoms with Crippen LogP contribution < -0.4 is 10.6 Å². The first-order valence-corrected chi connectivity index (χ1v) is 10.2. The molecular formula is C20H30N6O3. The van der Waals surface area contributed by atoms with Crippen molar-refractivity contribution in [1.82, 2.24) is 25.3 Å². The Morgan fingerprint density at radius 3 is 2.86 bits per heavy atom. The zero-order chi connectivity index (χ0) is 21.0. The fourth-order valence-electron chi connectivity index (χ4n) is 3.61. The summed E-state index contributed by atoms with van der Waals surface area (Å²) in [4.78, 5) is 24.2. The molecule has 2 amide bonds. The van der Waals surface area contributed by atoms with Gasteiger partial charge in [-0.15, -0.1) is 0 Å². The summed E-state index contributed by atoms with van der Waals surface area (Å²) in [5.41, 5.74) is 2.68. The second-order valence-corrected chi connectivity index (χ2v) is 7.83. The van der Waals surface area contributed by atoms with Gasteiger partial charge < -0.3 is 15.4 Å². The van der Waals surface area contributed by atoms with Gasteiger partial charge in [0, 0.05) is 36.5 Å². The number of H-pyrrole nitrogens is 1. The zero-order valence-electron chi connectivity index (χ0n) is 17.5. The molecule has 3 atom stereocenters. The first kappa shape index (κ1) is 20.9. The van der Waals surface area contributed by atoms with Crippen LogP contribution in [0.3, 0.4) is 0 Å². The highest BCUT2D eigenvalue weighted by molar-refractivity contribution is 5.91. The van der Waals surface area contributed by atoms with E-state index in [2.05, 4.69) is 25.9 Å². The Morgan fingerprint density at radius 2 is 2.17 bits per heavy atom. The van der Waals surface area contributed by atoms with Crippen LogP contribution in [0.4, 0.5) is 10.6 Å². The summed E-state index contributed by atoms with van der Waals surface area (Å²) in [6, 6.07) is 3.86. The maximum absolute atomic E-state index is 12.3. The maximum atomic E-state index is 12.3. The molecule has 0 unspecified atom stereocenters. The van der Waals surface area contributed by atoms with Crippen LogP contribution in [-0.4, -0.2) is 44.1 Å². The van der Waals surface area contributed by atoms with Crippen molar-refractivity contribution in [2.45, 2.75) is 70.9 Å². The van der Waals surface area contributed by atoms with E-state index in [1.54, 1.807) is 4.68 Å². The van der Waals surface area contributed by atoms with E-state index in [0.29, 0.717) is 5.82 Å². The summed E-state index contributed by atoms with van der Waals surface area (Å²) in [5, 5.41) is 17.1. The normalized spacial score (nSPS) is 19.7. The van der Waals surface area contributed by atoms with Crippen molar-refractivity contribution in [2.24, 2.45) is 7.05 Å². The number of carbonyl (C=O) groups is 2. The summed E-state index contributed by atoms with van der Waals surface area (Å²) in [6.07, 6.45) is 3.13. The Bertz CT molecular complexity index is 858. The van der Waals surface area contributed by atoms with Crippen LogP contribution in [-0.2, 0) is 23.0 Å². The lowest BCUT2D eigenvalue weighted by atomic mass is 10.0. The van der Waals surface area contributed by atoms with Crippen LogP contribution in [0.5, 0.6) is 0 Å². The number of rotatable bonds is 7. The minimum Gasteiger partial charge on any atom is -0.446 e. The third kappa shape index (κ3) is 5.58. The van der Waals surface area contributed by atoms with Gasteiger partial charge in [0.25, 0.3) is 0 Å². The van der Waals surface area contributed by atoms with Crippen LogP contribution in [0.15, 0.2) is 12.1 Å². The van der Waals surface area contributed by atoms with Gasteiger partial charge in [-0.2, -0.15) is 10.2 Å². The van der Waals surface area contributed by atoms with Crippen molar-refractivity contribution in [1.29, 1.82) is 0 Å². The molecule has 1 aliphatic rings. The SMILES string of the molecule is CC[C@H](C)NC(=O)O[C@@H]1CC[C@H](c2cc(NC(=O)Cc3cc(C)nn3C)n[nH]2)C1. The Labute approximate surface area is 170 Å². The quantitative estimate of drug-likeness (QED) is 0.659. The van der Waals surface area contributed by atoms with Crippen molar-refractivity contribution in [3.63, 3.8) is 0 Å². The lowest BCUT2D eigenvalue weighted by Gasteiger charge is -2.16. The average Bonchev–Trinajstić information content (AvgIpc) is 3.36. The van der Waals surface area contributed by atoms with Crippen molar-refractivity contribution >= 4 is 17.8 Å². The molecule has 2 aromatic rings. The number of hydrogen-bond acceptors (Lipinski definition) is 5. The highest BCUT2D eigenvalue weighted by atomic mass is 16.6. The molecule has 29 heavy (non-hydrogen) atoms. The van der Waals surface area contributed by atoms with E-state index in [4.69, 9.17) is 4.74 Å². The lowest BCUT2D eigenvalue weighted by Crippen LogP contribution is -2.34. The smallest absolute Gasteiger partial charge is 0.407 e. The van der Waals surface area contributed by atoms with Crippen LogP contribution in [0.2, 0.25) is 0 Å². The predicted molar refractivity (Wildman–Crippen MR) is 109 cm³/mol. The van der Waals surface area contributed by atoms with Crippen LogP contribution >= 0.6 is 0 Å². The fourth-order valence-corrected chi connectivity index (χ4v) is 3.61. The van der Waals surface area contributed by atoms with Gasteiger partial charge in [0.05, 0.1) is 12.1 Å². The Morgan fingerprint density at radius 1 is 1.38 bits per heavy atom. The highest BCUT2D eigenvalue weighted by Crippen LogP contribution is 2.35. The second kappa shape index (κ2) is 9.11. The number of aromatic nitrogens is 4. The van der Waals surface area contributed by atoms with Gasteiger partial charge in [-0.05, 0) is 45.6 Å². The molecule has 1 fully saturated rings. The molecule has 0 bridgehead atoms. The molecule has 1 aliphatic carbocycles. The molecule has 0 spiro atoms. The van der Waals surface area contributed by atoms with Gasteiger partial charge >= 0.3 is 6.09 Å². The topological polar surface area (TPSA) is 114 Å². The number of alkyl carbamates (subject to hydrolysis) is 1. The third-order valence-corrected chi connectivity index (χ3v) is 5.38. The fraction of sp³-hybridized carbons (Fsp3) is 0.600. The van der Waals surface area contributed by atoms with Crippen molar-refractivity contribution in [2.75, 3.05) is 5.32 Å². The molecule has 2 aromatic heterocycles. The van der Waals surface area contributed by atoms with Crippen molar-refractivity contribution < 1.29 is 14.3 Å². The van der Waals surface area contributed by atoms with Gasteiger partial charge in [0.2, 0.25) is 5.91 Å². The highest BCUT2D eigenvalue weighted by Gasteiger charge is 2.30. The van der Waals surface area contributed by atoms with E-state index in [9.17, 15) is 9.59 Å². The molecule has 2 heterocycles. The number of carbonyl (C=O) groups excluding carboxylic acids is 2. The summed E-state index contributed by atoms with van der Waals surface area (Å²) in [5.74, 6) is 0.595. The third-order valence-electron chi connectivity index (χ3n) is 5.38. The molecule has 9 nitrogen and oxygen atoms in total. The van der Waals surface area contributed by atoms with Gasteiger partial charge in [-0.3, -0.25) is 14.6 Å². The van der Waals surface area contributed by atoms with Gasteiger partial charge in [0.1, 0.15) is 6.10 Å². The predicted octanol–water partition coefficient (Wildman–Crippen LogP) is 2.79. The molecule has 9 heteroatoms. The van der Waals surface area contributed by atoms with E-state index < -0.39 is 0 Å². The number of amides is 2. The first-order chi connectivity index (χ1) is 13.8. The number of anilines is 1. The summed E-state index contributed by atoms with van der Waals surface area (Å²) < 4.78 is 7.23. The largest absolute Gasteiger partial charge is 0.446 e. The number of nitrogens with zero attached hydrogens (tertiary/aromatic N) is 3. The first-order valence-electron chi connectivity index (χ1n) is 10.2. The minimum atomic E-state index is -0.354. The van der Waals surface area contributed by atoms with Gasteiger partial charge in [0.15, 0.2) is 5.82 Å². The molecule has 0 radical (unpaired) electrons. The second-order valence-electron chi connectivity index (χ2n) is 7.83. The average molecular weight is 402 g/mol. The minimum absolute atomic E-state index is 0.0986. The Balaban J connectivity index is 1.49. The summed E-state index contributed by atoms with van der Waals surface area (Å²) >= 11 is 0. The van der Waals surface area contributed by atoms with Crippen LogP contribution in [0, 0.1) is 6.92 Å². The standard InChI is InChI=1S/C20H30N6O3/c1-5-12(2)21-20(28)29-16-7-6-14(9-16)17-11-18(24-23-17)22-19(27)10-15-8-13(3)25-26(15)4/h8,11-12,14,16H,5-7,9-10H2,1-4H3,(H,21,28)(H2,22,23,24,27)/t12-,14-,16+/m0/s1. The van der Waals surface area contributed by atoms with E-state index in [1.165, 1.54) is 0 Å². The summed E-state index contributed by atoms with van der Waals surface area (Å²) in [6.45, 7) is 5.87. The number of aryl methyl sites for hydroxylation is 2. The molecule has 0 aromatic carbocycles. The number of hydrogen-bond donors (Lipinski definition) is 3. The van der Waals surface area contributed by atoms with E-state index in [0.717, 1.165) is 42.8 Å². The van der Waals surface area contributed by atoms with Crippen LogP contribution in [0.25, 0.3) is 0 Å². The Kier molecular flexibility index (Phi) is 6.56. The molecule has 0 aliphatic heterocycles. The van der Waals surface area contributed by atoms with E-state index in [1.807, 2.05) is 40.0 Å². The monoisotopic (exact) mass is 402 g/mol. The molecule has 3 N–H and O–H groups in total. The van der Waals surface area contributed by atoms with Gasteiger partial charge in [-0.1, -0.05) is 6.92 Å². The van der Waals surface area contributed by atoms with Crippen molar-refractivity contribution in [3.05, 3.63) is 29.2 Å². The molecule has 0 saturated heterocycles. The van der Waals surface area contributed by atoms with E-state index in [-0.39, 0.29) is 36.5 Å². The number of ether oxygens (including phenoxy) is 1. The lowest BCUT2D eigenvalue weighted by molar-refractivity contribution is -0.115.